The summed E-state index contributed by atoms with van der Waals surface area (Å²) < 4.78 is 20.2. The third-order valence-corrected chi connectivity index (χ3v) is 2.74. The molecule has 0 radical (unpaired) electrons. The van der Waals surface area contributed by atoms with Crippen LogP contribution in [0, 0.1) is 5.82 Å². The van der Waals surface area contributed by atoms with Crippen molar-refractivity contribution in [3.05, 3.63) is 51.2 Å². The Morgan fingerprint density at radius 2 is 2.24 bits per heavy atom. The van der Waals surface area contributed by atoms with E-state index >= 15 is 0 Å². The second kappa shape index (κ2) is 4.67. The van der Waals surface area contributed by atoms with E-state index in [1.54, 1.807) is 7.05 Å². The van der Waals surface area contributed by atoms with Gasteiger partial charge in [0.15, 0.2) is 0 Å². The summed E-state index contributed by atoms with van der Waals surface area (Å²) in [4.78, 5) is 15.4. The van der Waals surface area contributed by atoms with Crippen molar-refractivity contribution in [3.8, 4) is 11.6 Å². The van der Waals surface area contributed by atoms with Crippen LogP contribution >= 0.6 is 15.9 Å². The molecular weight excluding hydrogens is 291 g/mol. The third kappa shape index (κ3) is 2.52. The number of hydrogen-bond donors (Lipinski definition) is 0. The smallest absolute Gasteiger partial charge is 0.313 e. The third-order valence-electron chi connectivity index (χ3n) is 2.09. The molecule has 0 saturated heterocycles. The number of ether oxygens (including phenoxy) is 1. The molecule has 0 fully saturated rings. The molecule has 4 nitrogen and oxygen atoms in total. The molecule has 0 aliphatic carbocycles. The van der Waals surface area contributed by atoms with E-state index in [0.29, 0.717) is 4.47 Å². The fraction of sp³-hybridized carbons (Fsp3) is 0.0909. The summed E-state index contributed by atoms with van der Waals surface area (Å²) in [7, 11) is 1.58. The zero-order valence-corrected chi connectivity index (χ0v) is 10.4. The maximum atomic E-state index is 13.0. The van der Waals surface area contributed by atoms with Gasteiger partial charge in [-0.25, -0.2) is 9.37 Å². The molecule has 0 N–H and O–H groups in total. The zero-order valence-electron chi connectivity index (χ0n) is 8.85. The van der Waals surface area contributed by atoms with Gasteiger partial charge in [0, 0.05) is 25.5 Å². The van der Waals surface area contributed by atoms with Crippen molar-refractivity contribution in [2.75, 3.05) is 0 Å². The number of nitrogens with zero attached hydrogens (tertiary/aromatic N) is 2. The SMILES string of the molecule is Cn1ccnc(Oc2cc(F)ccc2Br)c1=O. The lowest BCUT2D eigenvalue weighted by molar-refractivity contribution is 0.442. The first-order chi connectivity index (χ1) is 8.08. The van der Waals surface area contributed by atoms with Crippen LogP contribution in [0.25, 0.3) is 0 Å². The van der Waals surface area contributed by atoms with Crippen LogP contribution in [0.15, 0.2) is 39.9 Å². The van der Waals surface area contributed by atoms with E-state index in [4.69, 9.17) is 4.74 Å². The summed E-state index contributed by atoms with van der Waals surface area (Å²) in [5, 5.41) is 0. The number of hydrogen-bond acceptors (Lipinski definition) is 3. The Morgan fingerprint density at radius 1 is 1.47 bits per heavy atom. The average molecular weight is 299 g/mol. The molecule has 2 rings (SSSR count). The van der Waals surface area contributed by atoms with E-state index in [2.05, 4.69) is 20.9 Å². The monoisotopic (exact) mass is 298 g/mol. The molecule has 1 aromatic heterocycles. The summed E-state index contributed by atoms with van der Waals surface area (Å²) in [5.41, 5.74) is -0.385. The molecule has 0 aliphatic heterocycles. The minimum Gasteiger partial charge on any atom is -0.433 e. The molecule has 0 aliphatic rings. The van der Waals surface area contributed by atoms with E-state index in [9.17, 15) is 9.18 Å². The maximum absolute atomic E-state index is 13.0. The maximum Gasteiger partial charge on any atom is 0.313 e. The Bertz CT molecular complexity index is 613. The van der Waals surface area contributed by atoms with Crippen molar-refractivity contribution in [2.24, 2.45) is 7.05 Å². The van der Waals surface area contributed by atoms with Crippen molar-refractivity contribution in [2.45, 2.75) is 0 Å². The molecule has 0 bridgehead atoms. The molecule has 88 valence electrons. The average Bonchev–Trinajstić information content (AvgIpc) is 2.30. The molecule has 1 heterocycles. The summed E-state index contributed by atoms with van der Waals surface area (Å²) in [6.07, 6.45) is 2.94. The van der Waals surface area contributed by atoms with Crippen LogP contribution in [0.5, 0.6) is 11.6 Å². The van der Waals surface area contributed by atoms with Gasteiger partial charge in [-0.3, -0.25) is 4.79 Å². The van der Waals surface area contributed by atoms with Crippen molar-refractivity contribution < 1.29 is 9.13 Å². The highest BCUT2D eigenvalue weighted by atomic mass is 79.9. The first kappa shape index (κ1) is 11.8. The van der Waals surface area contributed by atoms with Crippen molar-refractivity contribution >= 4 is 15.9 Å². The molecule has 6 heteroatoms. The van der Waals surface area contributed by atoms with E-state index in [1.807, 2.05) is 0 Å². The number of benzene rings is 1. The van der Waals surface area contributed by atoms with Gasteiger partial charge in [0.2, 0.25) is 0 Å². The Labute approximate surface area is 105 Å². The molecule has 0 amide bonds. The largest absolute Gasteiger partial charge is 0.433 e. The van der Waals surface area contributed by atoms with Crippen LogP contribution in [0.3, 0.4) is 0 Å². The summed E-state index contributed by atoms with van der Waals surface area (Å²) in [5.74, 6) is -0.335. The zero-order chi connectivity index (χ0) is 12.4. The van der Waals surface area contributed by atoms with Gasteiger partial charge in [0.1, 0.15) is 11.6 Å². The van der Waals surface area contributed by atoms with E-state index < -0.39 is 5.82 Å². The number of aromatic nitrogens is 2. The molecule has 0 unspecified atom stereocenters. The highest BCUT2D eigenvalue weighted by Crippen LogP contribution is 2.28. The molecule has 17 heavy (non-hydrogen) atoms. The van der Waals surface area contributed by atoms with Gasteiger partial charge in [-0.2, -0.15) is 0 Å². The van der Waals surface area contributed by atoms with Gasteiger partial charge < -0.3 is 9.30 Å². The van der Waals surface area contributed by atoms with E-state index in [0.717, 1.165) is 0 Å². The second-order valence-corrected chi connectivity index (χ2v) is 4.18. The lowest BCUT2D eigenvalue weighted by Crippen LogP contribution is -2.18. The Morgan fingerprint density at radius 3 is 3.00 bits per heavy atom. The minimum atomic E-state index is -0.448. The highest BCUT2D eigenvalue weighted by molar-refractivity contribution is 9.10. The van der Waals surface area contributed by atoms with Gasteiger partial charge in [0.05, 0.1) is 4.47 Å². The van der Waals surface area contributed by atoms with Crippen LogP contribution in [-0.2, 0) is 7.05 Å². The van der Waals surface area contributed by atoms with Crippen molar-refractivity contribution in [3.63, 3.8) is 0 Å². The molecule has 1 aromatic carbocycles. The summed E-state index contributed by atoms with van der Waals surface area (Å²) >= 11 is 3.20. The molecule has 0 spiro atoms. The lowest BCUT2D eigenvalue weighted by atomic mass is 10.3. The Balaban J connectivity index is 2.41. The molecule has 0 saturated carbocycles. The Kier molecular flexibility index (Phi) is 3.23. The fourth-order valence-corrected chi connectivity index (χ4v) is 1.53. The van der Waals surface area contributed by atoms with Crippen LogP contribution in [0.1, 0.15) is 0 Å². The fourth-order valence-electron chi connectivity index (χ4n) is 1.20. The Hall–Kier alpha value is -1.69. The topological polar surface area (TPSA) is 44.1 Å². The van der Waals surface area contributed by atoms with Gasteiger partial charge in [-0.05, 0) is 28.1 Å². The quantitative estimate of drug-likeness (QED) is 0.855. The first-order valence-electron chi connectivity index (χ1n) is 4.72. The number of halogens is 2. The van der Waals surface area contributed by atoms with E-state index in [-0.39, 0.29) is 17.2 Å². The summed E-state index contributed by atoms with van der Waals surface area (Å²) in [6, 6.07) is 3.96. The summed E-state index contributed by atoms with van der Waals surface area (Å²) in [6.45, 7) is 0. The van der Waals surface area contributed by atoms with Gasteiger partial charge in [-0.1, -0.05) is 0 Å². The lowest BCUT2D eigenvalue weighted by Gasteiger charge is -2.06. The molecular formula is C11H8BrFN2O2. The predicted molar refractivity (Wildman–Crippen MR) is 63.7 cm³/mol. The van der Waals surface area contributed by atoms with Crippen LogP contribution in [-0.4, -0.2) is 9.55 Å². The van der Waals surface area contributed by atoms with Crippen LogP contribution in [0.4, 0.5) is 4.39 Å². The van der Waals surface area contributed by atoms with Crippen LogP contribution in [0.2, 0.25) is 0 Å². The van der Waals surface area contributed by atoms with Gasteiger partial charge >= 0.3 is 5.56 Å². The van der Waals surface area contributed by atoms with Crippen molar-refractivity contribution in [1.29, 1.82) is 0 Å². The van der Waals surface area contributed by atoms with Crippen molar-refractivity contribution in [1.82, 2.24) is 9.55 Å². The standard InChI is InChI=1S/C11H8BrFN2O2/c1-15-5-4-14-10(11(15)16)17-9-6-7(13)2-3-8(9)12/h2-6H,1H3. The minimum absolute atomic E-state index is 0.0960. The molecule has 2 aromatic rings. The molecule has 0 atom stereocenters. The van der Waals surface area contributed by atoms with Gasteiger partial charge in [0.25, 0.3) is 5.88 Å². The number of aryl methyl sites for hydroxylation is 1. The van der Waals surface area contributed by atoms with Crippen LogP contribution < -0.4 is 10.3 Å². The number of rotatable bonds is 2. The predicted octanol–water partition coefficient (Wildman–Crippen LogP) is 2.47. The van der Waals surface area contributed by atoms with E-state index in [1.165, 1.54) is 35.2 Å². The second-order valence-electron chi connectivity index (χ2n) is 3.33. The first-order valence-corrected chi connectivity index (χ1v) is 5.52. The normalized spacial score (nSPS) is 10.3. The highest BCUT2D eigenvalue weighted by Gasteiger charge is 2.09. The van der Waals surface area contributed by atoms with Gasteiger partial charge in [-0.15, -0.1) is 0 Å².